The van der Waals surface area contributed by atoms with E-state index < -0.39 is 0 Å². The Morgan fingerprint density at radius 3 is 2.65 bits per heavy atom. The monoisotopic (exact) mass is 377 g/mol. The van der Waals surface area contributed by atoms with Crippen LogP contribution in [0.5, 0.6) is 0 Å². The first-order valence-electron chi connectivity index (χ1n) is 9.36. The van der Waals surface area contributed by atoms with Gasteiger partial charge in [-0.25, -0.2) is 4.98 Å². The van der Waals surface area contributed by atoms with Gasteiger partial charge in [0.15, 0.2) is 0 Å². The molecule has 0 N–H and O–H groups in total. The van der Waals surface area contributed by atoms with Crippen LogP contribution in [0, 0.1) is 0 Å². The van der Waals surface area contributed by atoms with E-state index in [1.165, 1.54) is 0 Å². The lowest BCUT2D eigenvalue weighted by atomic mass is 10.1. The van der Waals surface area contributed by atoms with E-state index in [0.29, 0.717) is 34.7 Å². The zero-order valence-corrected chi connectivity index (χ0v) is 16.8. The summed E-state index contributed by atoms with van der Waals surface area (Å²) < 4.78 is 1.54. The Hall–Kier alpha value is -1.88. The summed E-state index contributed by atoms with van der Waals surface area (Å²) >= 11 is 6.06. The summed E-state index contributed by atoms with van der Waals surface area (Å²) in [6, 6.07) is 4.81. The van der Waals surface area contributed by atoms with E-state index in [-0.39, 0.29) is 17.5 Å². The van der Waals surface area contributed by atoms with Gasteiger partial charge in [-0.1, -0.05) is 38.3 Å². The molecule has 2 aromatic rings. The zero-order chi connectivity index (χ0) is 19.3. The van der Waals surface area contributed by atoms with Gasteiger partial charge in [0.1, 0.15) is 5.82 Å². The molecule has 0 aliphatic heterocycles. The summed E-state index contributed by atoms with van der Waals surface area (Å²) in [4.78, 5) is 31.9. The predicted molar refractivity (Wildman–Crippen MR) is 107 cm³/mol. The van der Waals surface area contributed by atoms with Gasteiger partial charge in [0.05, 0.1) is 16.9 Å². The second-order valence-corrected chi connectivity index (χ2v) is 7.15. The van der Waals surface area contributed by atoms with Crippen LogP contribution in [0.1, 0.15) is 64.7 Å². The first kappa shape index (κ1) is 20.4. The molecular formula is C20H28ClN3O2. The maximum Gasteiger partial charge on any atom is 0.261 e. The molecular weight excluding hydrogens is 350 g/mol. The summed E-state index contributed by atoms with van der Waals surface area (Å²) in [5.41, 5.74) is 0.445. The number of nitrogens with zero attached hydrogens (tertiary/aromatic N) is 3. The van der Waals surface area contributed by atoms with Crippen molar-refractivity contribution in [1.29, 1.82) is 0 Å². The zero-order valence-electron chi connectivity index (χ0n) is 16.1. The number of aromatic nitrogens is 2. The number of benzene rings is 1. The molecule has 0 bridgehead atoms. The van der Waals surface area contributed by atoms with Crippen molar-refractivity contribution in [1.82, 2.24) is 14.5 Å². The third-order valence-corrected chi connectivity index (χ3v) is 4.93. The van der Waals surface area contributed by atoms with Crippen LogP contribution >= 0.6 is 11.6 Å². The number of hydrogen-bond acceptors (Lipinski definition) is 3. The second kappa shape index (κ2) is 9.17. The molecule has 0 aliphatic carbocycles. The van der Waals surface area contributed by atoms with Crippen LogP contribution in [0.15, 0.2) is 23.0 Å². The highest BCUT2D eigenvalue weighted by Gasteiger charge is 2.24. The minimum atomic E-state index is -0.273. The first-order valence-corrected chi connectivity index (χ1v) is 9.74. The van der Waals surface area contributed by atoms with Crippen LogP contribution in [0.25, 0.3) is 10.9 Å². The third-order valence-electron chi connectivity index (χ3n) is 4.69. The minimum absolute atomic E-state index is 0.119. The number of carbonyl (C=O) groups excluding carboxylic acids is 1. The van der Waals surface area contributed by atoms with Gasteiger partial charge in [0, 0.05) is 25.0 Å². The molecule has 0 fully saturated rings. The molecule has 2 rings (SSSR count). The standard InChI is InChI=1S/C20H28ClN3O2/c1-5-7-8-9-18(25)24(12-6-2)14(3)19-22-17-13-15(21)10-11-16(17)20(26)23(19)4/h10-11,13-14H,5-9,12H2,1-4H3. The van der Waals surface area contributed by atoms with Crippen molar-refractivity contribution in [2.24, 2.45) is 7.05 Å². The summed E-state index contributed by atoms with van der Waals surface area (Å²) in [7, 11) is 1.71. The van der Waals surface area contributed by atoms with E-state index in [9.17, 15) is 9.59 Å². The number of carbonyl (C=O) groups is 1. The highest BCUT2D eigenvalue weighted by Crippen LogP contribution is 2.22. The van der Waals surface area contributed by atoms with Gasteiger partial charge in [-0.3, -0.25) is 14.2 Å². The fourth-order valence-corrected chi connectivity index (χ4v) is 3.39. The van der Waals surface area contributed by atoms with Crippen molar-refractivity contribution in [2.75, 3.05) is 6.54 Å². The van der Waals surface area contributed by atoms with Crippen LogP contribution < -0.4 is 5.56 Å². The Morgan fingerprint density at radius 2 is 2.00 bits per heavy atom. The lowest BCUT2D eigenvalue weighted by molar-refractivity contribution is -0.133. The maximum absolute atomic E-state index is 12.7. The lowest BCUT2D eigenvalue weighted by Crippen LogP contribution is -2.37. The topological polar surface area (TPSA) is 55.2 Å². The molecule has 6 heteroatoms. The first-order chi connectivity index (χ1) is 12.4. The van der Waals surface area contributed by atoms with Crippen LogP contribution in [0.2, 0.25) is 5.02 Å². The second-order valence-electron chi connectivity index (χ2n) is 6.72. The van der Waals surface area contributed by atoms with Crippen LogP contribution in [-0.2, 0) is 11.8 Å². The van der Waals surface area contributed by atoms with Crippen LogP contribution in [0.4, 0.5) is 0 Å². The number of unbranched alkanes of at least 4 members (excludes halogenated alkanes) is 2. The minimum Gasteiger partial charge on any atom is -0.333 e. The molecule has 1 aromatic heterocycles. The molecule has 142 valence electrons. The molecule has 5 nitrogen and oxygen atoms in total. The van der Waals surface area contributed by atoms with Gasteiger partial charge in [0.2, 0.25) is 5.91 Å². The molecule has 1 amide bonds. The fourth-order valence-electron chi connectivity index (χ4n) is 3.22. The molecule has 1 heterocycles. The SMILES string of the molecule is CCCCCC(=O)N(CCC)C(C)c1nc2cc(Cl)ccc2c(=O)n1C. The van der Waals surface area contributed by atoms with Crippen LogP contribution in [0.3, 0.4) is 0 Å². The van der Waals surface area contributed by atoms with E-state index in [2.05, 4.69) is 11.9 Å². The van der Waals surface area contributed by atoms with E-state index >= 15 is 0 Å². The maximum atomic E-state index is 12.7. The van der Waals surface area contributed by atoms with Gasteiger partial charge in [0.25, 0.3) is 5.56 Å². The van der Waals surface area contributed by atoms with Crippen molar-refractivity contribution >= 4 is 28.4 Å². The van der Waals surface area contributed by atoms with Crippen molar-refractivity contribution in [3.63, 3.8) is 0 Å². The van der Waals surface area contributed by atoms with E-state index in [0.717, 1.165) is 25.7 Å². The van der Waals surface area contributed by atoms with Gasteiger partial charge < -0.3 is 4.90 Å². The molecule has 1 aromatic carbocycles. The average molecular weight is 378 g/mol. The predicted octanol–water partition coefficient (Wildman–Crippen LogP) is 4.47. The summed E-state index contributed by atoms with van der Waals surface area (Å²) in [6.07, 6.45) is 4.41. The van der Waals surface area contributed by atoms with Crippen molar-refractivity contribution in [2.45, 2.75) is 58.9 Å². The Labute approximate surface area is 160 Å². The number of hydrogen-bond donors (Lipinski definition) is 0. The number of fused-ring (bicyclic) bond motifs is 1. The Balaban J connectivity index is 2.41. The average Bonchev–Trinajstić information content (AvgIpc) is 2.62. The van der Waals surface area contributed by atoms with Gasteiger partial charge >= 0.3 is 0 Å². The molecule has 0 saturated carbocycles. The van der Waals surface area contributed by atoms with Crippen molar-refractivity contribution < 1.29 is 4.79 Å². The molecule has 0 aliphatic rings. The number of amides is 1. The van der Waals surface area contributed by atoms with Crippen molar-refractivity contribution in [3.8, 4) is 0 Å². The molecule has 0 saturated heterocycles. The molecule has 1 atom stereocenters. The highest BCUT2D eigenvalue weighted by atomic mass is 35.5. The molecule has 0 spiro atoms. The van der Waals surface area contributed by atoms with E-state index in [1.54, 1.807) is 29.8 Å². The van der Waals surface area contributed by atoms with Gasteiger partial charge in [-0.05, 0) is 38.0 Å². The number of rotatable bonds is 8. The Kier molecular flexibility index (Phi) is 7.21. The molecule has 0 radical (unpaired) electrons. The fraction of sp³-hybridized carbons (Fsp3) is 0.550. The molecule has 26 heavy (non-hydrogen) atoms. The van der Waals surface area contributed by atoms with Crippen LogP contribution in [-0.4, -0.2) is 26.9 Å². The summed E-state index contributed by atoms with van der Waals surface area (Å²) in [5.74, 6) is 0.704. The normalized spacial score (nSPS) is 12.3. The van der Waals surface area contributed by atoms with Gasteiger partial charge in [-0.2, -0.15) is 0 Å². The summed E-state index contributed by atoms with van der Waals surface area (Å²) in [5, 5.41) is 1.07. The van der Waals surface area contributed by atoms with E-state index in [4.69, 9.17) is 11.6 Å². The van der Waals surface area contributed by atoms with Gasteiger partial charge in [-0.15, -0.1) is 0 Å². The van der Waals surface area contributed by atoms with Crippen molar-refractivity contribution in [3.05, 3.63) is 39.4 Å². The summed E-state index contributed by atoms with van der Waals surface area (Å²) in [6.45, 7) is 6.75. The third kappa shape index (κ3) is 4.44. The van der Waals surface area contributed by atoms with E-state index in [1.807, 2.05) is 18.7 Å². The Morgan fingerprint density at radius 1 is 1.27 bits per heavy atom. The lowest BCUT2D eigenvalue weighted by Gasteiger charge is -2.30. The quantitative estimate of drug-likeness (QED) is 0.638. The molecule has 1 unspecified atom stereocenters. The highest BCUT2D eigenvalue weighted by molar-refractivity contribution is 6.31. The Bertz CT molecular complexity index is 832. The smallest absolute Gasteiger partial charge is 0.261 e. The largest absolute Gasteiger partial charge is 0.333 e. The number of halogens is 1.